The van der Waals surface area contributed by atoms with Crippen molar-refractivity contribution < 1.29 is 18.0 Å². The first kappa shape index (κ1) is 28.7. The molecule has 1 atom stereocenters. The number of carbonyl (C=O) groups is 2. The van der Waals surface area contributed by atoms with Gasteiger partial charge in [-0.1, -0.05) is 50.6 Å². The largest absolute Gasteiger partial charge is 0.354 e. The Morgan fingerprint density at radius 2 is 1.60 bits per heavy atom. The van der Waals surface area contributed by atoms with Gasteiger partial charge < -0.3 is 10.2 Å². The van der Waals surface area contributed by atoms with Crippen molar-refractivity contribution in [2.24, 2.45) is 5.92 Å². The minimum atomic E-state index is -3.76. The van der Waals surface area contributed by atoms with Crippen LogP contribution in [0.5, 0.6) is 0 Å². The van der Waals surface area contributed by atoms with Gasteiger partial charge in [-0.15, -0.1) is 0 Å². The monoisotopic (exact) mass is 521 g/mol. The fraction of sp³-hybridized carbons (Fsp3) is 0.462. The van der Waals surface area contributed by atoms with Crippen molar-refractivity contribution in [3.63, 3.8) is 0 Å². The quantitative estimate of drug-likeness (QED) is 0.477. The standard InChI is InChI=1S/C26H36ClN3O4S/c1-7-24(26(32)28-15-18(2)3)29(16-21-8-10-22(27)11-9-21)25(31)17-30(35(6,33)34)23-13-19(4)12-20(5)14-23/h8-14,18,24H,7,15-17H2,1-6H3,(H,28,32). The lowest BCUT2D eigenvalue weighted by Crippen LogP contribution is -2.52. The average Bonchev–Trinajstić information content (AvgIpc) is 2.75. The predicted octanol–water partition coefficient (Wildman–Crippen LogP) is 4.30. The van der Waals surface area contributed by atoms with Crippen molar-refractivity contribution in [2.45, 2.75) is 53.6 Å². The minimum absolute atomic E-state index is 0.147. The molecule has 0 aromatic heterocycles. The van der Waals surface area contributed by atoms with Crippen molar-refractivity contribution in [3.05, 3.63) is 64.2 Å². The van der Waals surface area contributed by atoms with E-state index < -0.39 is 28.5 Å². The summed E-state index contributed by atoms with van der Waals surface area (Å²) >= 11 is 6.02. The Kier molecular flexibility index (Phi) is 10.2. The summed E-state index contributed by atoms with van der Waals surface area (Å²) in [7, 11) is -3.76. The number of carbonyl (C=O) groups excluding carboxylic acids is 2. The topological polar surface area (TPSA) is 86.8 Å². The highest BCUT2D eigenvalue weighted by Gasteiger charge is 2.31. The van der Waals surface area contributed by atoms with Gasteiger partial charge in [0.15, 0.2) is 0 Å². The maximum atomic E-state index is 13.7. The lowest BCUT2D eigenvalue weighted by Gasteiger charge is -2.33. The van der Waals surface area contributed by atoms with E-state index in [9.17, 15) is 18.0 Å². The van der Waals surface area contributed by atoms with E-state index in [1.165, 1.54) is 4.90 Å². The molecule has 0 spiro atoms. The van der Waals surface area contributed by atoms with Crippen LogP contribution < -0.4 is 9.62 Å². The molecule has 2 aromatic rings. The number of halogens is 1. The number of benzene rings is 2. The van der Waals surface area contributed by atoms with Crippen LogP contribution in [-0.2, 0) is 26.2 Å². The van der Waals surface area contributed by atoms with Crippen LogP contribution in [0.3, 0.4) is 0 Å². The molecule has 9 heteroatoms. The molecule has 0 heterocycles. The van der Waals surface area contributed by atoms with Crippen LogP contribution >= 0.6 is 11.6 Å². The lowest BCUT2D eigenvalue weighted by atomic mass is 10.1. The molecule has 35 heavy (non-hydrogen) atoms. The number of nitrogens with one attached hydrogen (secondary N) is 1. The zero-order chi connectivity index (χ0) is 26.3. The van der Waals surface area contributed by atoms with E-state index in [2.05, 4.69) is 5.32 Å². The summed E-state index contributed by atoms with van der Waals surface area (Å²) < 4.78 is 26.5. The summed E-state index contributed by atoms with van der Waals surface area (Å²) in [6.07, 6.45) is 1.46. The third kappa shape index (κ3) is 8.54. The lowest BCUT2D eigenvalue weighted by molar-refractivity contribution is -0.140. The van der Waals surface area contributed by atoms with E-state index in [1.807, 2.05) is 40.7 Å². The average molecular weight is 522 g/mol. The van der Waals surface area contributed by atoms with Gasteiger partial charge in [-0.3, -0.25) is 13.9 Å². The first-order valence-electron chi connectivity index (χ1n) is 11.7. The third-order valence-electron chi connectivity index (χ3n) is 5.51. The number of nitrogens with zero attached hydrogens (tertiary/aromatic N) is 2. The van der Waals surface area contributed by atoms with Crippen LogP contribution in [0, 0.1) is 19.8 Å². The molecule has 0 aliphatic carbocycles. The molecule has 0 radical (unpaired) electrons. The van der Waals surface area contributed by atoms with E-state index in [1.54, 1.807) is 36.4 Å². The second-order valence-electron chi connectivity index (χ2n) is 9.33. The normalized spacial score (nSPS) is 12.3. The van der Waals surface area contributed by atoms with E-state index in [-0.39, 0.29) is 18.4 Å². The van der Waals surface area contributed by atoms with Gasteiger partial charge in [0.25, 0.3) is 0 Å². The molecule has 0 bridgehead atoms. The van der Waals surface area contributed by atoms with Crippen LogP contribution in [0.2, 0.25) is 5.02 Å². The van der Waals surface area contributed by atoms with Gasteiger partial charge in [0.1, 0.15) is 12.6 Å². The number of anilines is 1. The minimum Gasteiger partial charge on any atom is -0.354 e. The van der Waals surface area contributed by atoms with Gasteiger partial charge >= 0.3 is 0 Å². The van der Waals surface area contributed by atoms with Crippen molar-refractivity contribution in [1.29, 1.82) is 0 Å². The molecule has 1 unspecified atom stereocenters. The Hall–Kier alpha value is -2.58. The number of hydrogen-bond donors (Lipinski definition) is 1. The Labute approximate surface area is 214 Å². The molecule has 7 nitrogen and oxygen atoms in total. The molecule has 0 saturated carbocycles. The SMILES string of the molecule is CCC(C(=O)NCC(C)C)N(Cc1ccc(Cl)cc1)C(=O)CN(c1cc(C)cc(C)c1)S(C)(=O)=O. The smallest absolute Gasteiger partial charge is 0.244 e. The summed E-state index contributed by atoms with van der Waals surface area (Å²) in [5.74, 6) is -0.473. The summed E-state index contributed by atoms with van der Waals surface area (Å²) in [5.41, 5.74) is 2.98. The van der Waals surface area contributed by atoms with Crippen molar-refractivity contribution in [3.8, 4) is 0 Å². The summed E-state index contributed by atoms with van der Waals surface area (Å²) in [5, 5.41) is 3.47. The van der Waals surface area contributed by atoms with Crippen LogP contribution in [-0.4, -0.2) is 50.5 Å². The van der Waals surface area contributed by atoms with Gasteiger partial charge in [0, 0.05) is 18.1 Å². The summed E-state index contributed by atoms with van der Waals surface area (Å²) in [6, 6.07) is 11.7. The van der Waals surface area contributed by atoms with Crippen molar-refractivity contribution in [1.82, 2.24) is 10.2 Å². The fourth-order valence-corrected chi connectivity index (χ4v) is 4.80. The van der Waals surface area contributed by atoms with Gasteiger partial charge in [-0.2, -0.15) is 0 Å². The molecule has 0 aliphatic heterocycles. The first-order chi connectivity index (χ1) is 16.3. The number of aryl methyl sites for hydroxylation is 2. The second-order valence-corrected chi connectivity index (χ2v) is 11.7. The van der Waals surface area contributed by atoms with Crippen molar-refractivity contribution in [2.75, 3.05) is 23.7 Å². The molecule has 0 fully saturated rings. The Balaban J connectivity index is 2.44. The molecule has 192 valence electrons. The van der Waals surface area contributed by atoms with Gasteiger partial charge in [-0.25, -0.2) is 8.42 Å². The maximum absolute atomic E-state index is 13.7. The number of rotatable bonds is 11. The highest BCUT2D eigenvalue weighted by atomic mass is 35.5. The zero-order valence-corrected chi connectivity index (χ0v) is 22.9. The zero-order valence-electron chi connectivity index (χ0n) is 21.3. The highest BCUT2D eigenvalue weighted by molar-refractivity contribution is 7.92. The molecule has 0 aliphatic rings. The maximum Gasteiger partial charge on any atom is 0.244 e. The van der Waals surface area contributed by atoms with Crippen LogP contribution in [0.4, 0.5) is 5.69 Å². The summed E-state index contributed by atoms with van der Waals surface area (Å²) in [6.45, 7) is 9.78. The number of amides is 2. The predicted molar refractivity (Wildman–Crippen MR) is 142 cm³/mol. The Morgan fingerprint density at radius 3 is 2.09 bits per heavy atom. The van der Waals surface area contributed by atoms with Crippen LogP contribution in [0.1, 0.15) is 43.9 Å². The van der Waals surface area contributed by atoms with E-state index in [0.717, 1.165) is 27.3 Å². The number of hydrogen-bond acceptors (Lipinski definition) is 4. The first-order valence-corrected chi connectivity index (χ1v) is 13.9. The van der Waals surface area contributed by atoms with Crippen LogP contribution in [0.15, 0.2) is 42.5 Å². The second kappa shape index (κ2) is 12.4. The van der Waals surface area contributed by atoms with Gasteiger partial charge in [-0.05, 0) is 67.1 Å². The molecular weight excluding hydrogens is 486 g/mol. The molecule has 2 rings (SSSR count). The van der Waals surface area contributed by atoms with E-state index in [0.29, 0.717) is 23.7 Å². The highest BCUT2D eigenvalue weighted by Crippen LogP contribution is 2.23. The Bertz CT molecular complexity index is 1110. The fourth-order valence-electron chi connectivity index (χ4n) is 3.84. The molecule has 2 aromatic carbocycles. The van der Waals surface area contributed by atoms with E-state index in [4.69, 9.17) is 11.6 Å². The molecule has 1 N–H and O–H groups in total. The van der Waals surface area contributed by atoms with Crippen LogP contribution in [0.25, 0.3) is 0 Å². The molecule has 0 saturated heterocycles. The van der Waals surface area contributed by atoms with Gasteiger partial charge in [0.05, 0.1) is 11.9 Å². The Morgan fingerprint density at radius 1 is 1.03 bits per heavy atom. The number of sulfonamides is 1. The third-order valence-corrected chi connectivity index (χ3v) is 6.90. The summed E-state index contributed by atoms with van der Waals surface area (Å²) in [4.78, 5) is 28.2. The molecular formula is C26H36ClN3O4S. The molecule has 2 amide bonds. The van der Waals surface area contributed by atoms with Crippen molar-refractivity contribution >= 4 is 39.1 Å². The van der Waals surface area contributed by atoms with E-state index >= 15 is 0 Å². The van der Waals surface area contributed by atoms with Gasteiger partial charge in [0.2, 0.25) is 21.8 Å².